The minimum atomic E-state index is 0.282. The minimum absolute atomic E-state index is 0.282. The molecule has 0 saturated carbocycles. The van der Waals surface area contributed by atoms with Crippen LogP contribution in [0.4, 0.5) is 0 Å². The smallest absolute Gasteiger partial charge is 0.171 e. The van der Waals surface area contributed by atoms with Gasteiger partial charge in [-0.15, -0.1) is 0 Å². The Hall–Kier alpha value is -0.610. The molecule has 2 aliphatic heterocycles. The Morgan fingerprint density at radius 3 is 3.00 bits per heavy atom. The van der Waals surface area contributed by atoms with E-state index in [1.807, 2.05) is 24.0 Å². The lowest BCUT2D eigenvalue weighted by Gasteiger charge is -2.20. The highest BCUT2D eigenvalue weighted by molar-refractivity contribution is 8.02. The molecule has 2 N–H and O–H groups in total. The molecule has 0 saturated heterocycles. The predicted octanol–water partition coefficient (Wildman–Crippen LogP) is 0.451. The molecule has 0 radical (unpaired) electrons. The van der Waals surface area contributed by atoms with E-state index in [0.717, 1.165) is 0 Å². The van der Waals surface area contributed by atoms with Crippen molar-refractivity contribution in [3.63, 3.8) is 0 Å². The summed E-state index contributed by atoms with van der Waals surface area (Å²) in [5.41, 5.74) is 0.282. The number of thioether (sulfide) groups is 1. The van der Waals surface area contributed by atoms with Gasteiger partial charge in [0.05, 0.1) is 0 Å². The second kappa shape index (κ2) is 1.68. The van der Waals surface area contributed by atoms with Crippen LogP contribution in [0.25, 0.3) is 0 Å². The van der Waals surface area contributed by atoms with E-state index in [9.17, 15) is 0 Å². The normalized spacial score (nSPS) is 30.1. The molecule has 3 nitrogen and oxygen atoms in total. The lowest BCUT2D eigenvalue weighted by atomic mass is 10.8. The van der Waals surface area contributed by atoms with Crippen molar-refractivity contribution in [3.8, 4) is 0 Å². The molecule has 0 spiro atoms. The van der Waals surface area contributed by atoms with Crippen molar-refractivity contribution >= 4 is 11.8 Å². The Balaban J connectivity index is 2.22. The molecule has 0 aromatic carbocycles. The lowest BCUT2D eigenvalue weighted by Crippen LogP contribution is -2.35. The van der Waals surface area contributed by atoms with Gasteiger partial charge in [-0.25, -0.2) is 5.84 Å². The molecule has 48 valence electrons. The van der Waals surface area contributed by atoms with Crippen LogP contribution in [0.1, 0.15) is 0 Å². The monoisotopic (exact) mass is 141 g/mol. The van der Waals surface area contributed by atoms with Crippen molar-refractivity contribution in [2.45, 2.75) is 5.50 Å². The Bertz CT molecular complexity index is 177. The van der Waals surface area contributed by atoms with Gasteiger partial charge in [0.1, 0.15) is 0 Å². The standard InChI is InChI=1S/C5H7N3S/c6-8-2-1-7-3-4-9-5(7)8/h1-5H,6H2. The van der Waals surface area contributed by atoms with E-state index in [2.05, 4.69) is 4.90 Å². The molecular weight excluding hydrogens is 134 g/mol. The summed E-state index contributed by atoms with van der Waals surface area (Å²) in [5, 5.41) is 3.72. The molecule has 0 amide bonds. The zero-order valence-electron chi connectivity index (χ0n) is 4.77. The van der Waals surface area contributed by atoms with Crippen LogP contribution in [0.15, 0.2) is 24.0 Å². The third-order valence-corrected chi connectivity index (χ3v) is 2.36. The van der Waals surface area contributed by atoms with E-state index in [1.165, 1.54) is 0 Å². The number of rotatable bonds is 0. The van der Waals surface area contributed by atoms with Crippen LogP contribution in [-0.4, -0.2) is 15.4 Å². The number of nitrogens with zero attached hydrogens (tertiary/aromatic N) is 2. The average Bonchev–Trinajstić information content (AvgIpc) is 2.35. The van der Waals surface area contributed by atoms with E-state index >= 15 is 0 Å². The van der Waals surface area contributed by atoms with Crippen molar-refractivity contribution in [2.75, 3.05) is 0 Å². The zero-order chi connectivity index (χ0) is 6.27. The third-order valence-electron chi connectivity index (χ3n) is 1.35. The van der Waals surface area contributed by atoms with Gasteiger partial charge < -0.3 is 4.90 Å². The predicted molar refractivity (Wildman–Crippen MR) is 37.5 cm³/mol. The fraction of sp³-hybridized carbons (Fsp3) is 0.200. The molecule has 0 aromatic rings. The molecule has 4 heteroatoms. The highest BCUT2D eigenvalue weighted by Gasteiger charge is 2.25. The summed E-state index contributed by atoms with van der Waals surface area (Å²) in [6, 6.07) is 0. The van der Waals surface area contributed by atoms with Crippen LogP contribution in [0, 0.1) is 0 Å². The number of nitrogens with two attached hydrogens (primary N) is 1. The van der Waals surface area contributed by atoms with Gasteiger partial charge in [0.25, 0.3) is 0 Å². The molecule has 1 atom stereocenters. The molecule has 2 aliphatic rings. The van der Waals surface area contributed by atoms with Gasteiger partial charge in [-0.3, -0.25) is 5.01 Å². The van der Waals surface area contributed by atoms with Crippen LogP contribution in [0.2, 0.25) is 0 Å². The van der Waals surface area contributed by atoms with Crippen molar-refractivity contribution in [1.82, 2.24) is 9.91 Å². The van der Waals surface area contributed by atoms with Gasteiger partial charge in [0, 0.05) is 18.6 Å². The number of hydrazine groups is 1. The SMILES string of the molecule is NN1C=CN2C=CSC12. The van der Waals surface area contributed by atoms with E-state index < -0.39 is 0 Å². The molecule has 9 heavy (non-hydrogen) atoms. The summed E-state index contributed by atoms with van der Waals surface area (Å²) in [5.74, 6) is 5.56. The van der Waals surface area contributed by atoms with E-state index in [1.54, 1.807) is 16.8 Å². The first kappa shape index (κ1) is 5.20. The third kappa shape index (κ3) is 0.635. The van der Waals surface area contributed by atoms with Crippen LogP contribution in [-0.2, 0) is 0 Å². The molecule has 1 unspecified atom stereocenters. The van der Waals surface area contributed by atoms with Gasteiger partial charge in [0.2, 0.25) is 0 Å². The molecular formula is C5H7N3S. The second-order valence-corrected chi connectivity index (χ2v) is 2.91. The quantitative estimate of drug-likeness (QED) is 0.496. The van der Waals surface area contributed by atoms with Crippen LogP contribution in [0.3, 0.4) is 0 Å². The average molecular weight is 141 g/mol. The zero-order valence-corrected chi connectivity index (χ0v) is 5.58. The van der Waals surface area contributed by atoms with E-state index in [-0.39, 0.29) is 5.50 Å². The van der Waals surface area contributed by atoms with Gasteiger partial charge in [0.15, 0.2) is 5.50 Å². The van der Waals surface area contributed by atoms with Gasteiger partial charge in [-0.2, -0.15) is 0 Å². The van der Waals surface area contributed by atoms with E-state index in [0.29, 0.717) is 0 Å². The summed E-state index contributed by atoms with van der Waals surface area (Å²) in [7, 11) is 0. The fourth-order valence-electron chi connectivity index (χ4n) is 0.895. The second-order valence-electron chi connectivity index (χ2n) is 1.94. The first-order valence-corrected chi connectivity index (χ1v) is 3.63. The Morgan fingerprint density at radius 2 is 2.22 bits per heavy atom. The topological polar surface area (TPSA) is 32.5 Å². The van der Waals surface area contributed by atoms with Crippen LogP contribution >= 0.6 is 11.8 Å². The number of hydrogen-bond donors (Lipinski definition) is 1. The number of hydrogen-bond acceptors (Lipinski definition) is 4. The van der Waals surface area contributed by atoms with Gasteiger partial charge in [-0.1, -0.05) is 11.8 Å². The largest absolute Gasteiger partial charge is 0.322 e. The molecule has 0 aromatic heterocycles. The molecule has 0 bridgehead atoms. The number of fused-ring (bicyclic) bond motifs is 1. The van der Waals surface area contributed by atoms with Gasteiger partial charge >= 0.3 is 0 Å². The van der Waals surface area contributed by atoms with Crippen molar-refractivity contribution in [1.29, 1.82) is 0 Å². The maximum absolute atomic E-state index is 5.56. The van der Waals surface area contributed by atoms with E-state index in [4.69, 9.17) is 5.84 Å². The summed E-state index contributed by atoms with van der Waals surface area (Å²) >= 11 is 1.70. The highest BCUT2D eigenvalue weighted by Crippen LogP contribution is 2.30. The lowest BCUT2D eigenvalue weighted by molar-refractivity contribution is 0.293. The summed E-state index contributed by atoms with van der Waals surface area (Å²) < 4.78 is 0. The first-order chi connectivity index (χ1) is 4.38. The molecule has 2 rings (SSSR count). The molecule has 2 heterocycles. The first-order valence-electron chi connectivity index (χ1n) is 2.69. The van der Waals surface area contributed by atoms with Crippen molar-refractivity contribution < 1.29 is 0 Å². The highest BCUT2D eigenvalue weighted by atomic mass is 32.2. The van der Waals surface area contributed by atoms with Crippen molar-refractivity contribution in [2.24, 2.45) is 5.84 Å². The summed E-state index contributed by atoms with van der Waals surface area (Å²) in [6.45, 7) is 0. The Labute approximate surface area is 57.8 Å². The minimum Gasteiger partial charge on any atom is -0.322 e. The maximum atomic E-state index is 5.56. The van der Waals surface area contributed by atoms with Gasteiger partial charge in [-0.05, 0) is 5.41 Å². The summed E-state index contributed by atoms with van der Waals surface area (Å²) in [4.78, 5) is 2.06. The maximum Gasteiger partial charge on any atom is 0.171 e. The molecule has 0 fully saturated rings. The Kier molecular flexibility index (Phi) is 0.972. The summed E-state index contributed by atoms with van der Waals surface area (Å²) in [6.07, 6.45) is 5.83. The Morgan fingerprint density at radius 1 is 1.33 bits per heavy atom. The molecule has 0 aliphatic carbocycles. The van der Waals surface area contributed by atoms with Crippen LogP contribution < -0.4 is 5.84 Å². The van der Waals surface area contributed by atoms with Crippen LogP contribution in [0.5, 0.6) is 0 Å². The van der Waals surface area contributed by atoms with Crippen molar-refractivity contribution in [3.05, 3.63) is 24.0 Å². The fourth-order valence-corrected chi connectivity index (χ4v) is 1.74.